The number of carbonyl (C=O) groups is 1. The van der Waals surface area contributed by atoms with Gasteiger partial charge in [-0.2, -0.15) is 0 Å². The van der Waals surface area contributed by atoms with Crippen molar-refractivity contribution in [1.82, 2.24) is 10.3 Å². The third-order valence-corrected chi connectivity index (χ3v) is 4.42. The van der Waals surface area contributed by atoms with E-state index < -0.39 is 0 Å². The van der Waals surface area contributed by atoms with Crippen LogP contribution in [0.3, 0.4) is 0 Å². The average molecular weight is 335 g/mol. The molecule has 0 fully saturated rings. The number of hydrogen-bond donors (Lipinski definition) is 1. The summed E-state index contributed by atoms with van der Waals surface area (Å²) < 4.78 is 0. The molecule has 2 rings (SSSR count). The number of nitrogens with one attached hydrogen (secondary N) is 1. The third-order valence-electron chi connectivity index (χ3n) is 3.31. The number of halogens is 1. The first kappa shape index (κ1) is 15.0. The molecule has 1 atom stereocenters. The molecule has 1 N–H and O–H groups in total. The van der Waals surface area contributed by atoms with Gasteiger partial charge in [0.25, 0.3) is 5.91 Å². The molecular weight excluding hydrogens is 316 g/mol. The molecule has 0 saturated heterocycles. The highest BCUT2D eigenvalue weighted by atomic mass is 79.9. The predicted octanol–water partition coefficient (Wildman–Crippen LogP) is 3.78. The first-order chi connectivity index (χ1) is 9.72. The van der Waals surface area contributed by atoms with Gasteiger partial charge in [0.05, 0.1) is 5.52 Å². The standard InChI is InChI=1S/C16H19BrN2O/c1-12(11-17)5-3-10-19-16(20)14-6-2-8-15-13(14)7-4-9-18-15/h2,4,6-9,12H,3,5,10-11H2,1H3,(H,19,20). The van der Waals surface area contributed by atoms with E-state index in [1.54, 1.807) is 6.20 Å². The Morgan fingerprint density at radius 1 is 1.35 bits per heavy atom. The molecule has 2 aromatic rings. The van der Waals surface area contributed by atoms with Crippen molar-refractivity contribution >= 4 is 32.7 Å². The monoisotopic (exact) mass is 334 g/mol. The lowest BCUT2D eigenvalue weighted by Crippen LogP contribution is -2.25. The molecule has 1 amide bonds. The first-order valence-corrected chi connectivity index (χ1v) is 8.02. The Bertz CT molecular complexity index is 580. The fraction of sp³-hybridized carbons (Fsp3) is 0.375. The summed E-state index contributed by atoms with van der Waals surface area (Å²) in [5, 5.41) is 4.90. The average Bonchev–Trinajstić information content (AvgIpc) is 2.50. The van der Waals surface area contributed by atoms with Crippen LogP contribution in [-0.4, -0.2) is 22.8 Å². The molecule has 0 aliphatic heterocycles. The molecular formula is C16H19BrN2O. The van der Waals surface area contributed by atoms with Crippen molar-refractivity contribution in [3.05, 3.63) is 42.1 Å². The zero-order valence-electron chi connectivity index (χ0n) is 11.6. The second-order valence-electron chi connectivity index (χ2n) is 5.03. The Labute approximate surface area is 127 Å². The number of alkyl halides is 1. The van der Waals surface area contributed by atoms with Crippen molar-refractivity contribution in [3.8, 4) is 0 Å². The number of pyridine rings is 1. The Kier molecular flexibility index (Phi) is 5.53. The van der Waals surface area contributed by atoms with Gasteiger partial charge in [-0.05, 0) is 37.0 Å². The van der Waals surface area contributed by atoms with E-state index >= 15 is 0 Å². The van der Waals surface area contributed by atoms with Crippen molar-refractivity contribution in [2.45, 2.75) is 19.8 Å². The second kappa shape index (κ2) is 7.39. The number of fused-ring (bicyclic) bond motifs is 1. The highest BCUT2D eigenvalue weighted by molar-refractivity contribution is 9.09. The fourth-order valence-corrected chi connectivity index (χ4v) is 2.45. The number of nitrogens with zero attached hydrogens (tertiary/aromatic N) is 1. The van der Waals surface area contributed by atoms with E-state index in [2.05, 4.69) is 33.2 Å². The van der Waals surface area contributed by atoms with Crippen molar-refractivity contribution in [3.63, 3.8) is 0 Å². The summed E-state index contributed by atoms with van der Waals surface area (Å²) in [4.78, 5) is 16.5. The van der Waals surface area contributed by atoms with Gasteiger partial charge in [0.15, 0.2) is 0 Å². The summed E-state index contributed by atoms with van der Waals surface area (Å²) in [5.41, 5.74) is 1.55. The highest BCUT2D eigenvalue weighted by Gasteiger charge is 2.09. The minimum Gasteiger partial charge on any atom is -0.352 e. The topological polar surface area (TPSA) is 42.0 Å². The molecule has 0 radical (unpaired) electrons. The van der Waals surface area contributed by atoms with E-state index in [4.69, 9.17) is 0 Å². The van der Waals surface area contributed by atoms with E-state index in [1.807, 2.05) is 30.3 Å². The van der Waals surface area contributed by atoms with Crippen LogP contribution in [0.4, 0.5) is 0 Å². The number of carbonyl (C=O) groups excluding carboxylic acids is 1. The zero-order valence-corrected chi connectivity index (χ0v) is 13.2. The number of benzene rings is 1. The summed E-state index contributed by atoms with van der Waals surface area (Å²) in [6.07, 6.45) is 3.86. The first-order valence-electron chi connectivity index (χ1n) is 6.90. The Morgan fingerprint density at radius 2 is 2.20 bits per heavy atom. The van der Waals surface area contributed by atoms with Crippen LogP contribution >= 0.6 is 15.9 Å². The molecule has 1 unspecified atom stereocenters. The number of hydrogen-bond acceptors (Lipinski definition) is 2. The van der Waals surface area contributed by atoms with E-state index in [1.165, 1.54) is 0 Å². The second-order valence-corrected chi connectivity index (χ2v) is 5.68. The van der Waals surface area contributed by atoms with Crippen LogP contribution in [0.15, 0.2) is 36.5 Å². The predicted molar refractivity (Wildman–Crippen MR) is 86.3 cm³/mol. The van der Waals surface area contributed by atoms with Gasteiger partial charge in [-0.25, -0.2) is 0 Å². The van der Waals surface area contributed by atoms with Gasteiger partial charge in [0, 0.05) is 29.0 Å². The molecule has 4 heteroatoms. The zero-order chi connectivity index (χ0) is 14.4. The van der Waals surface area contributed by atoms with Crippen LogP contribution in [0.1, 0.15) is 30.1 Å². The normalized spacial score (nSPS) is 12.3. The number of aromatic nitrogens is 1. The van der Waals surface area contributed by atoms with Gasteiger partial charge in [-0.15, -0.1) is 0 Å². The van der Waals surface area contributed by atoms with Crippen LogP contribution in [-0.2, 0) is 0 Å². The van der Waals surface area contributed by atoms with Crippen LogP contribution in [0.2, 0.25) is 0 Å². The number of amides is 1. The minimum absolute atomic E-state index is 0.0184. The molecule has 0 aliphatic carbocycles. The maximum Gasteiger partial charge on any atom is 0.251 e. The van der Waals surface area contributed by atoms with Crippen LogP contribution < -0.4 is 5.32 Å². The lowest BCUT2D eigenvalue weighted by Gasteiger charge is -2.09. The molecule has 0 bridgehead atoms. The molecule has 1 aromatic carbocycles. The maximum absolute atomic E-state index is 12.2. The summed E-state index contributed by atoms with van der Waals surface area (Å²) in [6, 6.07) is 9.43. The molecule has 0 saturated carbocycles. The van der Waals surface area contributed by atoms with Crippen LogP contribution in [0, 0.1) is 5.92 Å². The van der Waals surface area contributed by atoms with Gasteiger partial charge in [0.1, 0.15) is 0 Å². The largest absolute Gasteiger partial charge is 0.352 e. The van der Waals surface area contributed by atoms with Crippen LogP contribution in [0.25, 0.3) is 10.9 Å². The number of rotatable bonds is 6. The van der Waals surface area contributed by atoms with Crippen molar-refractivity contribution in [2.24, 2.45) is 5.92 Å². The quantitative estimate of drug-likeness (QED) is 0.645. The summed E-state index contributed by atoms with van der Waals surface area (Å²) >= 11 is 3.47. The maximum atomic E-state index is 12.2. The SMILES string of the molecule is CC(CBr)CCCNC(=O)c1cccc2ncccc12. The van der Waals surface area contributed by atoms with Gasteiger partial charge in [0.2, 0.25) is 0 Å². The van der Waals surface area contributed by atoms with Gasteiger partial charge >= 0.3 is 0 Å². The van der Waals surface area contributed by atoms with E-state index in [-0.39, 0.29) is 5.91 Å². The lowest BCUT2D eigenvalue weighted by atomic mass is 10.1. The molecule has 106 valence electrons. The van der Waals surface area contributed by atoms with Crippen molar-refractivity contribution < 1.29 is 4.79 Å². The van der Waals surface area contributed by atoms with E-state index in [0.29, 0.717) is 18.0 Å². The van der Waals surface area contributed by atoms with Gasteiger partial charge < -0.3 is 5.32 Å². The summed E-state index contributed by atoms with van der Waals surface area (Å²) in [5.74, 6) is 0.628. The molecule has 1 heterocycles. The highest BCUT2D eigenvalue weighted by Crippen LogP contribution is 2.16. The lowest BCUT2D eigenvalue weighted by molar-refractivity contribution is 0.0954. The smallest absolute Gasteiger partial charge is 0.251 e. The molecule has 0 aliphatic rings. The van der Waals surface area contributed by atoms with Crippen molar-refractivity contribution in [2.75, 3.05) is 11.9 Å². The molecule has 1 aromatic heterocycles. The minimum atomic E-state index is -0.0184. The third kappa shape index (κ3) is 3.79. The molecule has 3 nitrogen and oxygen atoms in total. The fourth-order valence-electron chi connectivity index (χ4n) is 2.13. The van der Waals surface area contributed by atoms with Crippen LogP contribution in [0.5, 0.6) is 0 Å². The van der Waals surface area contributed by atoms with Gasteiger partial charge in [-0.1, -0.05) is 35.0 Å². The van der Waals surface area contributed by atoms with E-state index in [9.17, 15) is 4.79 Å². The van der Waals surface area contributed by atoms with Gasteiger partial charge in [-0.3, -0.25) is 9.78 Å². The summed E-state index contributed by atoms with van der Waals surface area (Å²) in [7, 11) is 0. The summed E-state index contributed by atoms with van der Waals surface area (Å²) in [6.45, 7) is 2.92. The molecule has 0 spiro atoms. The Morgan fingerprint density at radius 3 is 3.00 bits per heavy atom. The Balaban J connectivity index is 1.98. The van der Waals surface area contributed by atoms with Crippen molar-refractivity contribution in [1.29, 1.82) is 0 Å². The Hall–Kier alpha value is -1.42. The van der Waals surface area contributed by atoms with E-state index in [0.717, 1.165) is 29.1 Å². The molecule has 20 heavy (non-hydrogen) atoms.